The van der Waals surface area contributed by atoms with Crippen molar-refractivity contribution in [3.63, 3.8) is 0 Å². The highest BCUT2D eigenvalue weighted by atomic mass is 79.9. The van der Waals surface area contributed by atoms with Crippen molar-refractivity contribution in [3.05, 3.63) is 50.1 Å². The van der Waals surface area contributed by atoms with Crippen LogP contribution < -0.4 is 4.74 Å². The molecule has 0 radical (unpaired) electrons. The van der Waals surface area contributed by atoms with Crippen LogP contribution in [0.25, 0.3) is 0 Å². The molecule has 4 heteroatoms. The van der Waals surface area contributed by atoms with Crippen molar-refractivity contribution in [2.45, 2.75) is 38.7 Å². The van der Waals surface area contributed by atoms with Gasteiger partial charge in [-0.2, -0.15) is 0 Å². The predicted molar refractivity (Wildman–Crippen MR) is 92.4 cm³/mol. The first-order chi connectivity index (χ1) is 9.81. The molecule has 0 saturated heterocycles. The quantitative estimate of drug-likeness (QED) is 0.813. The summed E-state index contributed by atoms with van der Waals surface area (Å²) in [4.78, 5) is 2.29. The van der Waals surface area contributed by atoms with Crippen LogP contribution in [0.5, 0.6) is 5.75 Å². The molecule has 114 valence electrons. The van der Waals surface area contributed by atoms with E-state index < -0.39 is 6.10 Å². The van der Waals surface area contributed by atoms with E-state index in [1.54, 1.807) is 18.4 Å². The van der Waals surface area contributed by atoms with Crippen molar-refractivity contribution in [1.82, 2.24) is 0 Å². The van der Waals surface area contributed by atoms with Crippen molar-refractivity contribution >= 4 is 27.3 Å². The Morgan fingerprint density at radius 3 is 2.52 bits per heavy atom. The molecule has 0 saturated carbocycles. The summed E-state index contributed by atoms with van der Waals surface area (Å²) in [5, 5.41) is 10.5. The number of ether oxygens (including phenoxy) is 1. The summed E-state index contributed by atoms with van der Waals surface area (Å²) in [6.45, 7) is 6.56. The van der Waals surface area contributed by atoms with Crippen LogP contribution in [0.1, 0.15) is 42.2 Å². The van der Waals surface area contributed by atoms with Gasteiger partial charge >= 0.3 is 0 Å². The first-order valence-electron chi connectivity index (χ1n) is 6.92. The number of thiophene rings is 1. The minimum Gasteiger partial charge on any atom is -0.496 e. The maximum absolute atomic E-state index is 10.5. The Kier molecular flexibility index (Phi) is 5.12. The molecule has 0 bridgehead atoms. The van der Waals surface area contributed by atoms with E-state index in [0.717, 1.165) is 20.7 Å². The number of hydrogen-bond acceptors (Lipinski definition) is 3. The van der Waals surface area contributed by atoms with Crippen LogP contribution in [0.4, 0.5) is 0 Å². The summed E-state index contributed by atoms with van der Waals surface area (Å²) >= 11 is 5.15. The molecular weight excluding hydrogens is 348 g/mol. The Morgan fingerprint density at radius 1 is 1.24 bits per heavy atom. The van der Waals surface area contributed by atoms with E-state index in [1.807, 2.05) is 24.3 Å². The zero-order valence-electron chi connectivity index (χ0n) is 12.8. The van der Waals surface area contributed by atoms with E-state index in [4.69, 9.17) is 4.74 Å². The molecule has 0 aliphatic heterocycles. The zero-order valence-corrected chi connectivity index (χ0v) is 15.2. The normalized spacial score (nSPS) is 13.2. The van der Waals surface area contributed by atoms with E-state index in [-0.39, 0.29) is 5.41 Å². The van der Waals surface area contributed by atoms with Gasteiger partial charge in [0.15, 0.2) is 0 Å². The number of hydrogen-bond donors (Lipinski definition) is 1. The molecule has 0 aliphatic carbocycles. The molecular formula is C17H21BrO2S. The van der Waals surface area contributed by atoms with Crippen LogP contribution in [0.2, 0.25) is 0 Å². The van der Waals surface area contributed by atoms with Crippen LogP contribution in [0, 0.1) is 0 Å². The highest BCUT2D eigenvalue weighted by Gasteiger charge is 2.19. The minimum absolute atomic E-state index is 0.121. The maximum atomic E-state index is 10.5. The van der Waals surface area contributed by atoms with Crippen LogP contribution in [-0.4, -0.2) is 12.2 Å². The second-order valence-electron chi connectivity index (χ2n) is 6.13. The fourth-order valence-corrected chi connectivity index (χ4v) is 3.61. The average molecular weight is 369 g/mol. The van der Waals surface area contributed by atoms with Crippen LogP contribution in [0.15, 0.2) is 34.8 Å². The average Bonchev–Trinajstić information content (AvgIpc) is 2.88. The standard InChI is InChI=1S/C17H21BrO2S/c1-17(2,3)16-8-7-15(21-16)13(19)10-11-9-12(18)5-6-14(11)20-4/h5-9,13,19H,10H2,1-4H3. The summed E-state index contributed by atoms with van der Waals surface area (Å²) in [6, 6.07) is 10.0. The van der Waals surface area contributed by atoms with E-state index in [1.165, 1.54) is 4.88 Å². The third kappa shape index (κ3) is 4.09. The van der Waals surface area contributed by atoms with Crippen LogP contribution in [-0.2, 0) is 11.8 Å². The van der Waals surface area contributed by atoms with E-state index in [2.05, 4.69) is 42.8 Å². The van der Waals surface area contributed by atoms with Crippen LogP contribution >= 0.6 is 27.3 Å². The molecule has 0 amide bonds. The topological polar surface area (TPSA) is 29.5 Å². The van der Waals surface area contributed by atoms with Gasteiger partial charge in [-0.3, -0.25) is 0 Å². The highest BCUT2D eigenvalue weighted by Crippen LogP contribution is 2.35. The fourth-order valence-electron chi connectivity index (χ4n) is 2.15. The number of benzene rings is 1. The van der Waals surface area contributed by atoms with Gasteiger partial charge in [-0.1, -0.05) is 36.7 Å². The van der Waals surface area contributed by atoms with Gasteiger partial charge in [-0.25, -0.2) is 0 Å². The summed E-state index contributed by atoms with van der Waals surface area (Å²) in [6.07, 6.45) is 0.0430. The molecule has 0 aliphatic rings. The molecule has 1 aromatic carbocycles. The van der Waals surface area contributed by atoms with Crippen molar-refractivity contribution < 1.29 is 9.84 Å². The number of rotatable bonds is 4. The SMILES string of the molecule is COc1ccc(Br)cc1CC(O)c1ccc(C(C)(C)C)s1. The zero-order chi connectivity index (χ0) is 15.6. The van der Waals surface area contributed by atoms with Gasteiger partial charge in [0.25, 0.3) is 0 Å². The Hall–Kier alpha value is -0.840. The summed E-state index contributed by atoms with van der Waals surface area (Å²) < 4.78 is 6.36. The van der Waals surface area contributed by atoms with Crippen molar-refractivity contribution in [2.75, 3.05) is 7.11 Å². The van der Waals surface area contributed by atoms with Crippen molar-refractivity contribution in [2.24, 2.45) is 0 Å². The molecule has 21 heavy (non-hydrogen) atoms. The molecule has 1 aromatic heterocycles. The fraction of sp³-hybridized carbons (Fsp3) is 0.412. The van der Waals surface area contributed by atoms with Gasteiger partial charge in [0.2, 0.25) is 0 Å². The monoisotopic (exact) mass is 368 g/mol. The molecule has 0 spiro atoms. The molecule has 1 atom stereocenters. The Labute approximate surface area is 138 Å². The van der Waals surface area contributed by atoms with E-state index in [9.17, 15) is 5.11 Å². The number of halogens is 1. The number of aliphatic hydroxyl groups is 1. The van der Waals surface area contributed by atoms with E-state index >= 15 is 0 Å². The lowest BCUT2D eigenvalue weighted by Gasteiger charge is -2.16. The largest absolute Gasteiger partial charge is 0.496 e. The molecule has 2 rings (SSSR count). The Bertz CT molecular complexity index is 613. The Morgan fingerprint density at radius 2 is 1.95 bits per heavy atom. The molecule has 1 heterocycles. The first kappa shape index (κ1) is 16.5. The van der Waals surface area contributed by atoms with Crippen molar-refractivity contribution in [1.29, 1.82) is 0 Å². The molecule has 1 unspecified atom stereocenters. The second-order valence-corrected chi connectivity index (χ2v) is 8.16. The summed E-state index contributed by atoms with van der Waals surface area (Å²) in [5.41, 5.74) is 1.13. The lowest BCUT2D eigenvalue weighted by molar-refractivity contribution is 0.181. The molecule has 2 aromatic rings. The lowest BCUT2D eigenvalue weighted by atomic mass is 9.95. The molecule has 0 fully saturated rings. The van der Waals surface area contributed by atoms with E-state index in [0.29, 0.717) is 6.42 Å². The molecule has 1 N–H and O–H groups in total. The smallest absolute Gasteiger partial charge is 0.122 e. The lowest BCUT2D eigenvalue weighted by Crippen LogP contribution is -2.08. The van der Waals surface area contributed by atoms with Crippen molar-refractivity contribution in [3.8, 4) is 5.75 Å². The first-order valence-corrected chi connectivity index (χ1v) is 8.53. The van der Waals surface area contributed by atoms with Gasteiger partial charge in [0, 0.05) is 20.6 Å². The second kappa shape index (κ2) is 6.51. The van der Waals surface area contributed by atoms with Crippen LogP contribution in [0.3, 0.4) is 0 Å². The third-order valence-corrected chi connectivity index (χ3v) is 5.46. The minimum atomic E-state index is -0.505. The third-order valence-electron chi connectivity index (χ3n) is 3.35. The van der Waals surface area contributed by atoms with Gasteiger partial charge in [-0.05, 0) is 41.3 Å². The summed E-state index contributed by atoms with van der Waals surface area (Å²) in [7, 11) is 1.65. The van der Waals surface area contributed by atoms with Gasteiger partial charge in [-0.15, -0.1) is 11.3 Å². The van der Waals surface area contributed by atoms with Gasteiger partial charge in [0.05, 0.1) is 13.2 Å². The summed E-state index contributed by atoms with van der Waals surface area (Å²) in [5.74, 6) is 0.810. The Balaban J connectivity index is 2.20. The molecule has 2 nitrogen and oxygen atoms in total. The van der Waals surface area contributed by atoms with Gasteiger partial charge < -0.3 is 9.84 Å². The predicted octanol–water partition coefficient (Wildman–Crippen LogP) is 5.09. The number of aliphatic hydroxyl groups excluding tert-OH is 1. The highest BCUT2D eigenvalue weighted by molar-refractivity contribution is 9.10. The van der Waals surface area contributed by atoms with Gasteiger partial charge in [0.1, 0.15) is 5.75 Å². The maximum Gasteiger partial charge on any atom is 0.122 e. The number of methoxy groups -OCH3 is 1.